The molecule has 2 heteroatoms. The number of aryl methyl sites for hydroxylation is 1. The van der Waals surface area contributed by atoms with Crippen LogP contribution in [0.2, 0.25) is 0 Å². The van der Waals surface area contributed by atoms with Crippen molar-refractivity contribution in [2.75, 3.05) is 6.61 Å². The van der Waals surface area contributed by atoms with Crippen molar-refractivity contribution in [3.8, 4) is 0 Å². The van der Waals surface area contributed by atoms with Crippen LogP contribution < -0.4 is 5.73 Å². The van der Waals surface area contributed by atoms with Gasteiger partial charge in [0.15, 0.2) is 0 Å². The van der Waals surface area contributed by atoms with Crippen LogP contribution in [0.4, 0.5) is 0 Å². The van der Waals surface area contributed by atoms with Gasteiger partial charge in [-0.1, -0.05) is 45.4 Å². The van der Waals surface area contributed by atoms with Gasteiger partial charge in [-0.05, 0) is 41.9 Å². The molecule has 0 bridgehead atoms. The highest BCUT2D eigenvalue weighted by Gasteiger charge is 2.42. The Morgan fingerprint density at radius 3 is 2.32 bits per heavy atom. The molecule has 0 aromatic heterocycles. The van der Waals surface area contributed by atoms with Crippen LogP contribution in [0.15, 0.2) is 18.2 Å². The molecule has 0 aliphatic heterocycles. The summed E-state index contributed by atoms with van der Waals surface area (Å²) in [4.78, 5) is 0. The minimum atomic E-state index is -0.0754. The number of hydrogen-bond donors (Lipinski definition) is 2. The smallest absolute Gasteiger partial charge is 0.0505 e. The fourth-order valence-electron chi connectivity index (χ4n) is 3.02. The molecule has 2 nitrogen and oxygen atoms in total. The van der Waals surface area contributed by atoms with Crippen molar-refractivity contribution >= 4 is 0 Å². The van der Waals surface area contributed by atoms with E-state index in [1.807, 2.05) is 0 Å². The Kier molecular flexibility index (Phi) is 3.76. The second-order valence-electron chi connectivity index (χ2n) is 7.17. The highest BCUT2D eigenvalue weighted by molar-refractivity contribution is 5.37. The zero-order chi connectivity index (χ0) is 14.3. The maximum atomic E-state index is 9.66. The van der Waals surface area contributed by atoms with Crippen molar-refractivity contribution in [3.05, 3.63) is 34.9 Å². The average molecular weight is 261 g/mol. The van der Waals surface area contributed by atoms with Crippen molar-refractivity contribution in [3.63, 3.8) is 0 Å². The molecule has 19 heavy (non-hydrogen) atoms. The van der Waals surface area contributed by atoms with Gasteiger partial charge >= 0.3 is 0 Å². The molecular weight excluding hydrogens is 234 g/mol. The Morgan fingerprint density at radius 2 is 1.95 bits per heavy atom. The molecule has 1 aromatic rings. The van der Waals surface area contributed by atoms with E-state index >= 15 is 0 Å². The van der Waals surface area contributed by atoms with Crippen LogP contribution in [0, 0.1) is 12.3 Å². The molecule has 1 fully saturated rings. The quantitative estimate of drug-likeness (QED) is 0.875. The summed E-state index contributed by atoms with van der Waals surface area (Å²) in [5, 5.41) is 9.66. The third-order valence-corrected chi connectivity index (χ3v) is 4.79. The molecule has 1 unspecified atom stereocenters. The van der Waals surface area contributed by atoms with E-state index in [0.717, 1.165) is 12.8 Å². The SMILES string of the molecule is Cc1cc(C(C)(C)C)ccc1C(N)C1(CO)CCC1. The van der Waals surface area contributed by atoms with Crippen LogP contribution in [-0.2, 0) is 5.41 Å². The Balaban J connectivity index is 2.31. The third kappa shape index (κ3) is 2.56. The fraction of sp³-hybridized carbons (Fsp3) is 0.647. The van der Waals surface area contributed by atoms with E-state index in [2.05, 4.69) is 45.9 Å². The van der Waals surface area contributed by atoms with Gasteiger partial charge in [0, 0.05) is 11.5 Å². The summed E-state index contributed by atoms with van der Waals surface area (Å²) in [5.41, 5.74) is 10.3. The Labute approximate surface area is 117 Å². The Hall–Kier alpha value is -0.860. The van der Waals surface area contributed by atoms with Gasteiger partial charge in [0.25, 0.3) is 0 Å². The minimum Gasteiger partial charge on any atom is -0.396 e. The number of rotatable bonds is 3. The first kappa shape index (κ1) is 14.5. The zero-order valence-corrected chi connectivity index (χ0v) is 12.7. The van der Waals surface area contributed by atoms with Gasteiger partial charge in [0.2, 0.25) is 0 Å². The van der Waals surface area contributed by atoms with Crippen molar-refractivity contribution in [1.29, 1.82) is 0 Å². The van der Waals surface area contributed by atoms with Gasteiger partial charge in [-0.15, -0.1) is 0 Å². The number of hydrogen-bond acceptors (Lipinski definition) is 2. The van der Waals surface area contributed by atoms with Gasteiger partial charge < -0.3 is 10.8 Å². The van der Waals surface area contributed by atoms with Gasteiger partial charge in [0.1, 0.15) is 0 Å². The second-order valence-corrected chi connectivity index (χ2v) is 7.17. The van der Waals surface area contributed by atoms with Crippen LogP contribution in [0.25, 0.3) is 0 Å². The van der Waals surface area contributed by atoms with Gasteiger partial charge in [-0.25, -0.2) is 0 Å². The highest BCUT2D eigenvalue weighted by Crippen LogP contribution is 2.49. The first-order valence-corrected chi connectivity index (χ1v) is 7.28. The third-order valence-electron chi connectivity index (χ3n) is 4.79. The van der Waals surface area contributed by atoms with Crippen LogP contribution in [0.5, 0.6) is 0 Å². The van der Waals surface area contributed by atoms with Gasteiger partial charge in [-0.2, -0.15) is 0 Å². The molecule has 1 atom stereocenters. The number of aliphatic hydroxyl groups is 1. The predicted octanol–water partition coefficient (Wildman–Crippen LogP) is 3.45. The normalized spacial score (nSPS) is 19.9. The summed E-state index contributed by atoms with van der Waals surface area (Å²) in [6.07, 6.45) is 3.28. The highest BCUT2D eigenvalue weighted by atomic mass is 16.3. The summed E-state index contributed by atoms with van der Waals surface area (Å²) in [6, 6.07) is 6.56. The monoisotopic (exact) mass is 261 g/mol. The topological polar surface area (TPSA) is 46.2 Å². The summed E-state index contributed by atoms with van der Waals surface area (Å²) in [5.74, 6) is 0. The lowest BCUT2D eigenvalue weighted by molar-refractivity contribution is 0.0182. The van der Waals surface area contributed by atoms with E-state index in [-0.39, 0.29) is 23.5 Å². The molecule has 0 radical (unpaired) electrons. The van der Waals surface area contributed by atoms with Crippen LogP contribution >= 0.6 is 0 Å². The molecule has 1 aliphatic carbocycles. The summed E-state index contributed by atoms with van der Waals surface area (Å²) < 4.78 is 0. The fourth-order valence-corrected chi connectivity index (χ4v) is 3.02. The van der Waals surface area contributed by atoms with Gasteiger partial charge in [0.05, 0.1) is 6.61 Å². The van der Waals surface area contributed by atoms with Crippen LogP contribution in [0.3, 0.4) is 0 Å². The minimum absolute atomic E-state index is 0.0414. The van der Waals surface area contributed by atoms with Crippen molar-refractivity contribution in [1.82, 2.24) is 0 Å². The molecule has 1 saturated carbocycles. The molecule has 2 rings (SSSR count). The largest absolute Gasteiger partial charge is 0.396 e. The molecule has 0 heterocycles. The van der Waals surface area contributed by atoms with E-state index < -0.39 is 0 Å². The van der Waals surface area contributed by atoms with Crippen molar-refractivity contribution < 1.29 is 5.11 Å². The van der Waals surface area contributed by atoms with Gasteiger partial charge in [-0.3, -0.25) is 0 Å². The second kappa shape index (κ2) is 4.92. The van der Waals surface area contributed by atoms with Crippen molar-refractivity contribution in [2.24, 2.45) is 11.1 Å². The van der Waals surface area contributed by atoms with E-state index in [9.17, 15) is 5.11 Å². The molecule has 106 valence electrons. The molecule has 0 saturated heterocycles. The lowest BCUT2D eigenvalue weighted by atomic mass is 9.62. The van der Waals surface area contributed by atoms with Crippen LogP contribution in [-0.4, -0.2) is 11.7 Å². The molecule has 3 N–H and O–H groups in total. The van der Waals surface area contributed by atoms with E-state index in [1.165, 1.54) is 23.1 Å². The summed E-state index contributed by atoms with van der Waals surface area (Å²) in [6.45, 7) is 9.01. The van der Waals surface area contributed by atoms with E-state index in [0.29, 0.717) is 0 Å². The van der Waals surface area contributed by atoms with E-state index in [1.54, 1.807) is 0 Å². The standard InChI is InChI=1S/C17H27NO/c1-12-10-13(16(2,3)4)6-7-14(12)15(18)17(11-19)8-5-9-17/h6-7,10,15,19H,5,8-9,11,18H2,1-4H3. The average Bonchev–Trinajstić information content (AvgIpc) is 2.26. The Bertz CT molecular complexity index is 449. The lowest BCUT2D eigenvalue weighted by Crippen LogP contribution is -2.43. The molecule has 1 aliphatic rings. The molecule has 1 aromatic carbocycles. The lowest BCUT2D eigenvalue weighted by Gasteiger charge is -2.45. The van der Waals surface area contributed by atoms with E-state index in [4.69, 9.17) is 5.73 Å². The maximum absolute atomic E-state index is 9.66. The molecule has 0 amide bonds. The Morgan fingerprint density at radius 1 is 1.32 bits per heavy atom. The number of benzene rings is 1. The molecular formula is C17H27NO. The summed E-state index contributed by atoms with van der Waals surface area (Å²) in [7, 11) is 0. The molecule has 0 spiro atoms. The van der Waals surface area contributed by atoms with Crippen LogP contribution in [0.1, 0.15) is 62.8 Å². The predicted molar refractivity (Wildman–Crippen MR) is 80.2 cm³/mol. The first-order chi connectivity index (χ1) is 8.80. The van der Waals surface area contributed by atoms with Crippen molar-refractivity contribution in [2.45, 2.75) is 58.4 Å². The maximum Gasteiger partial charge on any atom is 0.0505 e. The summed E-state index contributed by atoms with van der Waals surface area (Å²) >= 11 is 0. The number of nitrogens with two attached hydrogens (primary N) is 1. The first-order valence-electron chi connectivity index (χ1n) is 7.28. The zero-order valence-electron chi connectivity index (χ0n) is 12.7. The number of aliphatic hydroxyl groups excluding tert-OH is 1.